The molecule has 1 atom stereocenters. The van der Waals surface area contributed by atoms with Crippen molar-refractivity contribution in [2.45, 2.75) is 44.9 Å². The lowest BCUT2D eigenvalue weighted by Gasteiger charge is -2.15. The van der Waals surface area contributed by atoms with Crippen molar-refractivity contribution < 1.29 is 18.8 Å². The quantitative estimate of drug-likeness (QED) is 0.422. The van der Waals surface area contributed by atoms with Gasteiger partial charge in [0.25, 0.3) is 0 Å². The van der Waals surface area contributed by atoms with Crippen LogP contribution in [0.5, 0.6) is 5.75 Å². The first-order valence-corrected chi connectivity index (χ1v) is 12.3. The van der Waals surface area contributed by atoms with E-state index in [1.54, 1.807) is 16.8 Å². The lowest BCUT2D eigenvalue weighted by Crippen LogP contribution is -2.28. The highest BCUT2D eigenvalue weighted by Gasteiger charge is 2.35. The van der Waals surface area contributed by atoms with E-state index in [1.807, 2.05) is 18.2 Å². The molecule has 10 nitrogen and oxygen atoms in total. The summed E-state index contributed by atoms with van der Waals surface area (Å²) in [6.45, 7) is 1.72. The highest BCUT2D eigenvalue weighted by molar-refractivity contribution is 6.31. The van der Waals surface area contributed by atoms with E-state index in [2.05, 4.69) is 20.6 Å². The Labute approximate surface area is 210 Å². The molecule has 2 amide bonds. The highest BCUT2D eigenvalue weighted by atomic mass is 35.5. The maximum absolute atomic E-state index is 12.1. The Morgan fingerprint density at radius 2 is 2.00 bits per heavy atom. The van der Waals surface area contributed by atoms with E-state index in [-0.39, 0.29) is 37.3 Å². The van der Waals surface area contributed by atoms with Crippen LogP contribution in [-0.4, -0.2) is 43.0 Å². The van der Waals surface area contributed by atoms with Crippen molar-refractivity contribution >= 4 is 29.1 Å². The molecule has 36 heavy (non-hydrogen) atoms. The van der Waals surface area contributed by atoms with Crippen molar-refractivity contribution in [2.75, 3.05) is 6.54 Å². The monoisotopic (exact) mass is 504 g/mol. The zero-order valence-corrected chi connectivity index (χ0v) is 19.9. The molecule has 4 aromatic rings. The van der Waals surface area contributed by atoms with Crippen LogP contribution in [0.15, 0.2) is 35.0 Å². The van der Waals surface area contributed by atoms with E-state index in [4.69, 9.17) is 20.9 Å². The molecule has 0 unspecified atom stereocenters. The number of carbonyl (C=O) groups is 2. The number of imide groups is 1. The Balaban J connectivity index is 1.27. The summed E-state index contributed by atoms with van der Waals surface area (Å²) in [6.07, 6.45) is 3.33. The molecular weight excluding hydrogens is 484 g/mol. The average molecular weight is 505 g/mol. The number of amides is 2. The predicted octanol–water partition coefficient (Wildman–Crippen LogP) is 3.01. The Morgan fingerprint density at radius 3 is 2.86 bits per heavy atom. The maximum atomic E-state index is 12.1. The number of hydrogen-bond donors (Lipinski definition) is 1. The Bertz CT molecular complexity index is 1540. The summed E-state index contributed by atoms with van der Waals surface area (Å²) in [6, 6.07) is 7.40. The fourth-order valence-corrected chi connectivity index (χ4v) is 5.50. The van der Waals surface area contributed by atoms with Crippen molar-refractivity contribution in [2.24, 2.45) is 0 Å². The van der Waals surface area contributed by atoms with Gasteiger partial charge in [-0.25, -0.2) is 9.50 Å². The zero-order chi connectivity index (χ0) is 24.4. The zero-order valence-electron chi connectivity index (χ0n) is 19.2. The Hall–Kier alpha value is -3.76. The Kier molecular flexibility index (Phi) is 4.87. The first kappa shape index (κ1) is 21.5. The van der Waals surface area contributed by atoms with Gasteiger partial charge in [-0.2, -0.15) is 5.10 Å². The number of nitrogens with zero attached hydrogens (tertiary/aromatic N) is 5. The lowest BCUT2D eigenvalue weighted by atomic mass is 10.0. The predicted molar refractivity (Wildman–Crippen MR) is 127 cm³/mol. The van der Waals surface area contributed by atoms with Gasteiger partial charge in [0.15, 0.2) is 17.5 Å². The van der Waals surface area contributed by atoms with Crippen LogP contribution in [0, 0.1) is 0 Å². The van der Waals surface area contributed by atoms with E-state index in [0.717, 1.165) is 46.8 Å². The van der Waals surface area contributed by atoms with Gasteiger partial charge in [0.05, 0.1) is 23.6 Å². The first-order valence-electron chi connectivity index (χ1n) is 11.9. The van der Waals surface area contributed by atoms with Crippen LogP contribution in [0.25, 0.3) is 16.9 Å². The third-order valence-corrected chi connectivity index (χ3v) is 7.21. The summed E-state index contributed by atoms with van der Waals surface area (Å²) in [5.74, 6) is 1.11. The van der Waals surface area contributed by atoms with E-state index in [9.17, 15) is 9.59 Å². The van der Waals surface area contributed by atoms with Gasteiger partial charge in [-0.05, 0) is 18.2 Å². The molecule has 0 spiro atoms. The van der Waals surface area contributed by atoms with E-state index in [0.29, 0.717) is 35.1 Å². The molecule has 0 bridgehead atoms. The molecular formula is C25H21ClN6O4. The minimum absolute atomic E-state index is 0.122. The van der Waals surface area contributed by atoms with E-state index >= 15 is 0 Å². The molecule has 0 saturated carbocycles. The summed E-state index contributed by atoms with van der Waals surface area (Å²) in [4.78, 5) is 29.8. The second kappa shape index (κ2) is 8.14. The van der Waals surface area contributed by atoms with Crippen LogP contribution in [0.2, 0.25) is 5.02 Å². The van der Waals surface area contributed by atoms with Gasteiger partial charge in [-0.15, -0.1) is 0 Å². The molecule has 11 heteroatoms. The van der Waals surface area contributed by atoms with Crippen molar-refractivity contribution in [1.29, 1.82) is 0 Å². The van der Waals surface area contributed by atoms with Crippen LogP contribution in [-0.2, 0) is 35.5 Å². The van der Waals surface area contributed by atoms with Crippen LogP contribution >= 0.6 is 11.6 Å². The molecule has 1 fully saturated rings. The number of rotatable bonds is 4. The molecule has 0 radical (unpaired) electrons. The number of halogens is 1. The molecule has 3 aromatic heterocycles. The standard InChI is InChI=1S/C25H21ClN6O4/c26-14-7-13-8-20(25-17-11-27-5-3-18(17)30-36-25)35-24(13)16(9-14)19-4-6-28-21-10-15(29-32(19)21)12-31-22(33)1-2-23(31)34/h4,6-7,9-10,20,27H,1-3,5,8,11-12H2/t20-/m1/s1. The molecule has 3 aliphatic heterocycles. The number of carbonyl (C=O) groups excluding carboxylic acids is 2. The lowest BCUT2D eigenvalue weighted by molar-refractivity contribution is -0.139. The number of fused-ring (bicyclic) bond motifs is 3. The molecule has 182 valence electrons. The summed E-state index contributed by atoms with van der Waals surface area (Å²) < 4.78 is 13.9. The highest BCUT2D eigenvalue weighted by Crippen LogP contribution is 2.46. The number of nitrogens with one attached hydrogen (secondary N) is 1. The maximum Gasteiger partial charge on any atom is 0.230 e. The van der Waals surface area contributed by atoms with Crippen LogP contribution in [0.3, 0.4) is 0 Å². The fraction of sp³-hybridized carbons (Fsp3) is 0.320. The van der Waals surface area contributed by atoms with Gasteiger partial charge in [-0.3, -0.25) is 14.5 Å². The molecule has 1 aromatic carbocycles. The van der Waals surface area contributed by atoms with E-state index < -0.39 is 0 Å². The average Bonchev–Trinajstić information content (AvgIpc) is 3.65. The molecule has 3 aliphatic rings. The molecule has 1 saturated heterocycles. The largest absolute Gasteiger partial charge is 0.481 e. The molecule has 7 rings (SSSR count). The van der Waals surface area contributed by atoms with Crippen molar-refractivity contribution in [3.05, 3.63) is 63.8 Å². The van der Waals surface area contributed by atoms with Crippen molar-refractivity contribution in [1.82, 2.24) is 30.0 Å². The van der Waals surface area contributed by atoms with Crippen LogP contribution < -0.4 is 10.1 Å². The molecule has 6 heterocycles. The number of aromatic nitrogens is 4. The van der Waals surface area contributed by atoms with Crippen LogP contribution in [0.4, 0.5) is 0 Å². The van der Waals surface area contributed by atoms with Gasteiger partial charge >= 0.3 is 0 Å². The second-order valence-corrected chi connectivity index (χ2v) is 9.70. The summed E-state index contributed by atoms with van der Waals surface area (Å²) in [5.41, 5.74) is 5.73. The summed E-state index contributed by atoms with van der Waals surface area (Å²) >= 11 is 6.54. The van der Waals surface area contributed by atoms with Gasteiger partial charge < -0.3 is 14.6 Å². The minimum Gasteiger partial charge on any atom is -0.481 e. The number of hydrogen-bond acceptors (Lipinski definition) is 8. The van der Waals surface area contributed by atoms with Crippen molar-refractivity contribution in [3.8, 4) is 17.0 Å². The molecule has 0 aliphatic carbocycles. The third-order valence-electron chi connectivity index (χ3n) is 6.99. The number of benzene rings is 1. The first-order chi connectivity index (χ1) is 17.5. The number of ether oxygens (including phenoxy) is 1. The smallest absolute Gasteiger partial charge is 0.230 e. The second-order valence-electron chi connectivity index (χ2n) is 9.26. The topological polar surface area (TPSA) is 115 Å². The third kappa shape index (κ3) is 3.40. The minimum atomic E-state index is -0.300. The number of likely N-dealkylation sites (tertiary alicyclic amines) is 1. The summed E-state index contributed by atoms with van der Waals surface area (Å²) in [5, 5.41) is 12.9. The van der Waals surface area contributed by atoms with Gasteiger partial charge in [0, 0.05) is 72.7 Å². The fourth-order valence-electron chi connectivity index (χ4n) is 5.26. The normalized spacial score (nSPS) is 19.1. The van der Waals surface area contributed by atoms with Gasteiger partial charge in [0.2, 0.25) is 11.8 Å². The SMILES string of the molecule is O=C1CCC(=O)N1Cc1cc2nccc(-c3cc(Cl)cc4c3O[C@@H](c3onc5c3CNCC5)C4)n2n1. The van der Waals surface area contributed by atoms with Crippen LogP contribution in [0.1, 0.15) is 47.2 Å². The van der Waals surface area contributed by atoms with Gasteiger partial charge in [0.1, 0.15) is 5.75 Å². The van der Waals surface area contributed by atoms with E-state index in [1.165, 1.54) is 4.90 Å². The van der Waals surface area contributed by atoms with Crippen molar-refractivity contribution in [3.63, 3.8) is 0 Å². The van der Waals surface area contributed by atoms with Gasteiger partial charge in [-0.1, -0.05) is 16.8 Å². The molecule has 1 N–H and O–H groups in total. The Morgan fingerprint density at radius 1 is 1.14 bits per heavy atom. The summed E-state index contributed by atoms with van der Waals surface area (Å²) in [7, 11) is 0.